The fourth-order valence-corrected chi connectivity index (χ4v) is 2.99. The number of aryl methyl sites for hydroxylation is 1. The second-order valence-corrected chi connectivity index (χ2v) is 6.15. The molecule has 18 heavy (non-hydrogen) atoms. The average Bonchev–Trinajstić information content (AvgIpc) is 2.40. The molecule has 0 amide bonds. The van der Waals surface area contributed by atoms with Crippen LogP contribution in [0.2, 0.25) is 0 Å². The van der Waals surface area contributed by atoms with E-state index in [0.29, 0.717) is 18.6 Å². The van der Waals surface area contributed by atoms with Crippen molar-refractivity contribution in [3.63, 3.8) is 0 Å². The van der Waals surface area contributed by atoms with Crippen LogP contribution in [0.1, 0.15) is 49.3 Å². The van der Waals surface area contributed by atoms with E-state index in [1.54, 1.807) is 0 Å². The van der Waals surface area contributed by atoms with Crippen LogP contribution in [-0.2, 0) is 0 Å². The molecule has 0 saturated heterocycles. The summed E-state index contributed by atoms with van der Waals surface area (Å²) in [5, 5.41) is 3.73. The maximum Gasteiger partial charge on any atom is 0.0446 e. The number of hydrogen-bond donors (Lipinski definition) is 2. The smallest absolute Gasteiger partial charge is 0.0446 e. The van der Waals surface area contributed by atoms with Crippen molar-refractivity contribution >= 4 is 15.9 Å². The molecule has 0 spiro atoms. The Kier molecular flexibility index (Phi) is 5.22. The van der Waals surface area contributed by atoms with Crippen LogP contribution in [0.4, 0.5) is 0 Å². The molecule has 1 atom stereocenters. The largest absolute Gasteiger partial charge is 0.329 e. The minimum absolute atomic E-state index is 0.292. The summed E-state index contributed by atoms with van der Waals surface area (Å²) in [6.07, 6.45) is 6.70. The van der Waals surface area contributed by atoms with Crippen molar-refractivity contribution in [1.29, 1.82) is 0 Å². The van der Waals surface area contributed by atoms with Gasteiger partial charge in [0.05, 0.1) is 0 Å². The normalized spacial score (nSPS) is 18.8. The number of nitrogens with one attached hydrogen (secondary N) is 1. The second kappa shape index (κ2) is 6.69. The van der Waals surface area contributed by atoms with Gasteiger partial charge in [0, 0.05) is 23.1 Å². The first-order valence-electron chi connectivity index (χ1n) is 6.93. The van der Waals surface area contributed by atoms with Gasteiger partial charge in [0.25, 0.3) is 0 Å². The Hall–Kier alpha value is -0.380. The molecule has 0 aliphatic heterocycles. The van der Waals surface area contributed by atoms with E-state index in [1.807, 2.05) is 0 Å². The molecule has 3 N–H and O–H groups in total. The minimum Gasteiger partial charge on any atom is -0.329 e. The first-order chi connectivity index (χ1) is 8.70. The molecule has 1 aliphatic rings. The first kappa shape index (κ1) is 14.0. The molecule has 1 aromatic rings. The highest BCUT2D eigenvalue weighted by Gasteiger charge is 2.18. The van der Waals surface area contributed by atoms with Gasteiger partial charge in [0.15, 0.2) is 0 Å². The zero-order valence-corrected chi connectivity index (χ0v) is 12.7. The summed E-state index contributed by atoms with van der Waals surface area (Å²) >= 11 is 3.55. The lowest BCUT2D eigenvalue weighted by atomic mass is 9.94. The summed E-state index contributed by atoms with van der Waals surface area (Å²) < 4.78 is 1.17. The molecule has 2 nitrogen and oxygen atoms in total. The Labute approximate surface area is 118 Å². The highest BCUT2D eigenvalue weighted by atomic mass is 79.9. The number of nitrogens with two attached hydrogens (primary N) is 1. The summed E-state index contributed by atoms with van der Waals surface area (Å²) in [4.78, 5) is 0. The predicted molar refractivity (Wildman–Crippen MR) is 80.7 cm³/mol. The fraction of sp³-hybridized carbons (Fsp3) is 0.600. The van der Waals surface area contributed by atoms with Crippen LogP contribution in [0.3, 0.4) is 0 Å². The molecule has 2 rings (SSSR count). The third-order valence-corrected chi connectivity index (χ3v) is 4.75. The fourth-order valence-electron chi connectivity index (χ4n) is 2.74. The van der Waals surface area contributed by atoms with Crippen LogP contribution in [0.15, 0.2) is 22.7 Å². The van der Waals surface area contributed by atoms with Crippen molar-refractivity contribution in [2.24, 2.45) is 5.73 Å². The van der Waals surface area contributed by atoms with Gasteiger partial charge < -0.3 is 11.1 Å². The summed E-state index contributed by atoms with van der Waals surface area (Å²) in [6.45, 7) is 2.79. The highest BCUT2D eigenvalue weighted by Crippen LogP contribution is 2.24. The molecule has 1 unspecified atom stereocenters. The molecule has 1 saturated carbocycles. The number of rotatable bonds is 4. The molecule has 1 fully saturated rings. The highest BCUT2D eigenvalue weighted by molar-refractivity contribution is 9.10. The first-order valence-corrected chi connectivity index (χ1v) is 7.72. The summed E-state index contributed by atoms with van der Waals surface area (Å²) in [5.74, 6) is 0. The van der Waals surface area contributed by atoms with Crippen LogP contribution in [0.5, 0.6) is 0 Å². The Bertz CT molecular complexity index is 386. The zero-order valence-electron chi connectivity index (χ0n) is 11.1. The van der Waals surface area contributed by atoms with Gasteiger partial charge in [0.1, 0.15) is 0 Å². The minimum atomic E-state index is 0.292. The van der Waals surface area contributed by atoms with Gasteiger partial charge >= 0.3 is 0 Å². The van der Waals surface area contributed by atoms with Crippen LogP contribution < -0.4 is 11.1 Å². The molecular weight excluding hydrogens is 288 g/mol. The quantitative estimate of drug-likeness (QED) is 0.890. The van der Waals surface area contributed by atoms with Gasteiger partial charge in [-0.2, -0.15) is 0 Å². The number of hydrogen-bond acceptors (Lipinski definition) is 2. The van der Waals surface area contributed by atoms with E-state index in [-0.39, 0.29) is 0 Å². The van der Waals surface area contributed by atoms with E-state index in [9.17, 15) is 0 Å². The van der Waals surface area contributed by atoms with Gasteiger partial charge in [-0.05, 0) is 37.0 Å². The van der Waals surface area contributed by atoms with Crippen molar-refractivity contribution in [2.75, 3.05) is 6.54 Å². The van der Waals surface area contributed by atoms with Crippen molar-refractivity contribution in [3.05, 3.63) is 33.8 Å². The molecule has 3 heteroatoms. The Morgan fingerprint density at radius 3 is 2.67 bits per heavy atom. The average molecular weight is 311 g/mol. The molecule has 100 valence electrons. The monoisotopic (exact) mass is 310 g/mol. The van der Waals surface area contributed by atoms with Gasteiger partial charge in [-0.1, -0.05) is 47.3 Å². The second-order valence-electron chi connectivity index (χ2n) is 5.30. The number of halogens is 1. The van der Waals surface area contributed by atoms with E-state index >= 15 is 0 Å². The Morgan fingerprint density at radius 2 is 2.06 bits per heavy atom. The van der Waals surface area contributed by atoms with Gasteiger partial charge in [-0.25, -0.2) is 0 Å². The van der Waals surface area contributed by atoms with E-state index in [2.05, 4.69) is 46.4 Å². The van der Waals surface area contributed by atoms with Gasteiger partial charge in [-0.15, -0.1) is 0 Å². The van der Waals surface area contributed by atoms with Crippen molar-refractivity contribution in [2.45, 2.75) is 51.1 Å². The van der Waals surface area contributed by atoms with Crippen LogP contribution in [0.25, 0.3) is 0 Å². The van der Waals surface area contributed by atoms with E-state index in [0.717, 1.165) is 0 Å². The molecule has 0 aromatic heterocycles. The van der Waals surface area contributed by atoms with Crippen molar-refractivity contribution in [3.8, 4) is 0 Å². The Balaban J connectivity index is 2.04. The van der Waals surface area contributed by atoms with Gasteiger partial charge in [-0.3, -0.25) is 0 Å². The Morgan fingerprint density at radius 1 is 1.33 bits per heavy atom. The van der Waals surface area contributed by atoms with Crippen molar-refractivity contribution in [1.82, 2.24) is 5.32 Å². The van der Waals surface area contributed by atoms with Crippen molar-refractivity contribution < 1.29 is 0 Å². The summed E-state index contributed by atoms with van der Waals surface area (Å²) in [7, 11) is 0. The van der Waals surface area contributed by atoms with E-state index in [4.69, 9.17) is 5.73 Å². The lowest BCUT2D eigenvalue weighted by Crippen LogP contribution is -2.37. The molecule has 0 heterocycles. The zero-order chi connectivity index (χ0) is 13.0. The lowest BCUT2D eigenvalue weighted by molar-refractivity contribution is 0.340. The third kappa shape index (κ3) is 3.56. The molecule has 1 aromatic carbocycles. The van der Waals surface area contributed by atoms with E-state index in [1.165, 1.54) is 47.7 Å². The predicted octanol–water partition coefficient (Wildman–Crippen LogP) is 3.68. The molecular formula is C15H23BrN2. The standard InChI is InChI=1S/C15H23BrN2/c1-11-9-12(7-8-14(11)16)15(10-17)18-13-5-3-2-4-6-13/h7-9,13,15,18H,2-6,10,17H2,1H3. The maximum atomic E-state index is 5.94. The maximum absolute atomic E-state index is 5.94. The molecule has 0 bridgehead atoms. The number of benzene rings is 1. The lowest BCUT2D eigenvalue weighted by Gasteiger charge is -2.28. The topological polar surface area (TPSA) is 38.0 Å². The third-order valence-electron chi connectivity index (χ3n) is 3.86. The molecule has 0 radical (unpaired) electrons. The summed E-state index contributed by atoms with van der Waals surface area (Å²) in [5.41, 5.74) is 8.52. The van der Waals surface area contributed by atoms with Gasteiger partial charge in [0.2, 0.25) is 0 Å². The van der Waals surface area contributed by atoms with E-state index < -0.39 is 0 Å². The summed E-state index contributed by atoms with van der Waals surface area (Å²) in [6, 6.07) is 7.47. The van der Waals surface area contributed by atoms with Crippen LogP contribution >= 0.6 is 15.9 Å². The SMILES string of the molecule is Cc1cc(C(CN)NC2CCCCC2)ccc1Br. The van der Waals surface area contributed by atoms with Crippen LogP contribution in [0, 0.1) is 6.92 Å². The molecule has 1 aliphatic carbocycles. The van der Waals surface area contributed by atoms with Crippen LogP contribution in [-0.4, -0.2) is 12.6 Å².